The highest BCUT2D eigenvalue weighted by Gasteiger charge is 2.17. The minimum atomic E-state index is -0.255. The van der Waals surface area contributed by atoms with E-state index in [4.69, 9.17) is 4.42 Å². The van der Waals surface area contributed by atoms with E-state index in [1.54, 1.807) is 24.3 Å². The molecule has 1 heterocycles. The van der Waals surface area contributed by atoms with Crippen LogP contribution in [0.4, 0.5) is 0 Å². The lowest BCUT2D eigenvalue weighted by Crippen LogP contribution is -2.26. The van der Waals surface area contributed by atoms with E-state index < -0.39 is 0 Å². The monoisotopic (exact) mass is 361 g/mol. The molecular formula is C23H23NO3. The van der Waals surface area contributed by atoms with E-state index in [2.05, 4.69) is 23.5 Å². The molecule has 1 N–H and O–H groups in total. The van der Waals surface area contributed by atoms with Crippen LogP contribution in [0.5, 0.6) is 0 Å². The van der Waals surface area contributed by atoms with E-state index in [1.165, 1.54) is 6.92 Å². The highest BCUT2D eigenvalue weighted by Crippen LogP contribution is 2.24. The average molecular weight is 361 g/mol. The number of nitrogens with one attached hydrogen (secondary N) is 1. The minimum Gasteiger partial charge on any atom is -0.451 e. The zero-order valence-electron chi connectivity index (χ0n) is 16.0. The molecule has 0 aliphatic carbocycles. The first-order valence-electron chi connectivity index (χ1n) is 8.94. The lowest BCUT2D eigenvalue weighted by Gasteiger charge is -2.16. The fraction of sp³-hybridized carbons (Fsp3) is 0.217. The maximum absolute atomic E-state index is 12.6. The van der Waals surface area contributed by atoms with E-state index in [0.29, 0.717) is 11.3 Å². The van der Waals surface area contributed by atoms with Gasteiger partial charge in [0.1, 0.15) is 5.76 Å². The summed E-state index contributed by atoms with van der Waals surface area (Å²) in [7, 11) is 0. The van der Waals surface area contributed by atoms with E-state index in [0.717, 1.165) is 22.3 Å². The van der Waals surface area contributed by atoms with Crippen molar-refractivity contribution < 1.29 is 14.0 Å². The fourth-order valence-electron chi connectivity index (χ4n) is 3.06. The number of aryl methyl sites for hydroxylation is 2. The third-order valence-corrected chi connectivity index (χ3v) is 4.65. The van der Waals surface area contributed by atoms with Gasteiger partial charge in [-0.15, -0.1) is 0 Å². The van der Waals surface area contributed by atoms with Gasteiger partial charge in [0.15, 0.2) is 11.5 Å². The summed E-state index contributed by atoms with van der Waals surface area (Å²) in [5.74, 6) is 0.615. The first-order chi connectivity index (χ1) is 12.8. The molecule has 0 spiro atoms. The maximum atomic E-state index is 12.6. The number of ketones is 1. The number of amides is 1. The lowest BCUT2D eigenvalue weighted by atomic mass is 10.00. The van der Waals surface area contributed by atoms with Crippen LogP contribution in [-0.4, -0.2) is 11.7 Å². The van der Waals surface area contributed by atoms with Gasteiger partial charge in [0.2, 0.25) is 0 Å². The van der Waals surface area contributed by atoms with Gasteiger partial charge in [-0.05, 0) is 51.0 Å². The van der Waals surface area contributed by atoms with Crippen LogP contribution in [0.1, 0.15) is 57.5 Å². The summed E-state index contributed by atoms with van der Waals surface area (Å²) in [6.45, 7) is 7.56. The highest BCUT2D eigenvalue weighted by molar-refractivity contribution is 5.94. The molecule has 27 heavy (non-hydrogen) atoms. The van der Waals surface area contributed by atoms with Crippen LogP contribution >= 0.6 is 0 Å². The Labute approximate surface area is 159 Å². The Balaban J connectivity index is 1.74. The van der Waals surface area contributed by atoms with Crippen LogP contribution in [0.15, 0.2) is 59.0 Å². The maximum Gasteiger partial charge on any atom is 0.287 e. The molecule has 1 amide bonds. The molecule has 3 aromatic rings. The summed E-state index contributed by atoms with van der Waals surface area (Å²) < 4.78 is 5.73. The quantitative estimate of drug-likeness (QED) is 0.631. The predicted octanol–water partition coefficient (Wildman–Crippen LogP) is 5.26. The number of rotatable bonds is 5. The highest BCUT2D eigenvalue weighted by atomic mass is 16.3. The van der Waals surface area contributed by atoms with Crippen molar-refractivity contribution in [3.8, 4) is 11.3 Å². The van der Waals surface area contributed by atoms with Crippen LogP contribution < -0.4 is 5.32 Å². The zero-order chi connectivity index (χ0) is 19.6. The molecule has 138 valence electrons. The molecule has 1 aromatic heterocycles. The molecule has 0 aliphatic heterocycles. The van der Waals surface area contributed by atoms with Crippen molar-refractivity contribution in [2.45, 2.75) is 33.7 Å². The third kappa shape index (κ3) is 4.17. The third-order valence-electron chi connectivity index (χ3n) is 4.65. The molecule has 2 aromatic carbocycles. The number of furan rings is 1. The van der Waals surface area contributed by atoms with Gasteiger partial charge >= 0.3 is 0 Å². The summed E-state index contributed by atoms with van der Waals surface area (Å²) in [4.78, 5) is 23.9. The van der Waals surface area contributed by atoms with Gasteiger partial charge < -0.3 is 9.73 Å². The number of Topliss-reactive ketones (excluding diaryl/α,β-unsaturated/α-hetero) is 1. The predicted molar refractivity (Wildman–Crippen MR) is 106 cm³/mol. The van der Waals surface area contributed by atoms with Crippen LogP contribution in [-0.2, 0) is 0 Å². The van der Waals surface area contributed by atoms with Crippen molar-refractivity contribution in [1.82, 2.24) is 5.32 Å². The Morgan fingerprint density at radius 2 is 1.67 bits per heavy atom. The Kier molecular flexibility index (Phi) is 5.26. The van der Waals surface area contributed by atoms with E-state index in [-0.39, 0.29) is 23.5 Å². The largest absolute Gasteiger partial charge is 0.451 e. The van der Waals surface area contributed by atoms with E-state index >= 15 is 0 Å². The molecule has 0 bridgehead atoms. The Bertz CT molecular complexity index is 983. The van der Waals surface area contributed by atoms with Crippen LogP contribution in [0.3, 0.4) is 0 Å². The molecule has 4 heteroatoms. The van der Waals surface area contributed by atoms with Gasteiger partial charge in [0.25, 0.3) is 5.91 Å². The van der Waals surface area contributed by atoms with E-state index in [9.17, 15) is 9.59 Å². The molecular weight excluding hydrogens is 338 g/mol. The number of benzene rings is 2. The normalized spacial score (nSPS) is 11.9. The summed E-state index contributed by atoms with van der Waals surface area (Å²) in [5.41, 5.74) is 4.85. The van der Waals surface area contributed by atoms with Crippen molar-refractivity contribution in [3.05, 3.63) is 82.6 Å². The van der Waals surface area contributed by atoms with E-state index in [1.807, 2.05) is 32.9 Å². The zero-order valence-corrected chi connectivity index (χ0v) is 16.0. The second kappa shape index (κ2) is 7.62. The van der Waals surface area contributed by atoms with Crippen LogP contribution in [0.2, 0.25) is 0 Å². The topological polar surface area (TPSA) is 59.3 Å². The van der Waals surface area contributed by atoms with Gasteiger partial charge in [-0.3, -0.25) is 9.59 Å². The molecule has 0 saturated carbocycles. The summed E-state index contributed by atoms with van der Waals surface area (Å²) in [6.07, 6.45) is 0. The van der Waals surface area contributed by atoms with Crippen molar-refractivity contribution in [2.75, 3.05) is 0 Å². The van der Waals surface area contributed by atoms with Crippen molar-refractivity contribution in [3.63, 3.8) is 0 Å². The first kappa shape index (κ1) is 18.6. The summed E-state index contributed by atoms with van der Waals surface area (Å²) in [5, 5.41) is 2.99. The SMILES string of the molecule is CC(=O)c1ccc(-c2ccc(C(=O)NC(C)c3cc(C)ccc3C)o2)cc1. The molecule has 1 atom stereocenters. The van der Waals surface area contributed by atoms with Crippen molar-refractivity contribution in [2.24, 2.45) is 0 Å². The van der Waals surface area contributed by atoms with Gasteiger partial charge in [0, 0.05) is 11.1 Å². The van der Waals surface area contributed by atoms with Gasteiger partial charge in [-0.1, -0.05) is 48.0 Å². The molecule has 1 unspecified atom stereocenters. The smallest absolute Gasteiger partial charge is 0.287 e. The first-order valence-corrected chi connectivity index (χ1v) is 8.94. The molecule has 0 saturated heterocycles. The van der Waals surface area contributed by atoms with Crippen LogP contribution in [0.25, 0.3) is 11.3 Å². The Hall–Kier alpha value is -3.14. The second-order valence-corrected chi connectivity index (χ2v) is 6.85. The average Bonchev–Trinajstić information content (AvgIpc) is 3.14. The standard InChI is InChI=1S/C23H23NO3/c1-14-5-6-15(2)20(13-14)16(3)24-23(26)22-12-11-21(27-22)19-9-7-18(8-10-19)17(4)25/h5-13,16H,1-4H3,(H,24,26). The molecule has 0 fully saturated rings. The Morgan fingerprint density at radius 3 is 2.33 bits per heavy atom. The van der Waals surface area contributed by atoms with Crippen molar-refractivity contribution >= 4 is 11.7 Å². The second-order valence-electron chi connectivity index (χ2n) is 6.85. The summed E-state index contributed by atoms with van der Waals surface area (Å²) in [6, 6.07) is 16.6. The molecule has 0 aliphatic rings. The molecule has 3 rings (SSSR count). The number of carbonyl (C=O) groups is 2. The summed E-state index contributed by atoms with van der Waals surface area (Å²) >= 11 is 0. The number of hydrogen-bond donors (Lipinski definition) is 1. The molecule has 4 nitrogen and oxygen atoms in total. The number of hydrogen-bond acceptors (Lipinski definition) is 3. The van der Waals surface area contributed by atoms with Gasteiger partial charge in [-0.2, -0.15) is 0 Å². The van der Waals surface area contributed by atoms with Crippen LogP contribution in [0, 0.1) is 13.8 Å². The number of carbonyl (C=O) groups excluding carboxylic acids is 2. The Morgan fingerprint density at radius 1 is 0.963 bits per heavy atom. The fourth-order valence-corrected chi connectivity index (χ4v) is 3.06. The van der Waals surface area contributed by atoms with Crippen molar-refractivity contribution in [1.29, 1.82) is 0 Å². The van der Waals surface area contributed by atoms with Gasteiger partial charge in [0.05, 0.1) is 6.04 Å². The minimum absolute atomic E-state index is 0.0153. The van der Waals surface area contributed by atoms with Gasteiger partial charge in [-0.25, -0.2) is 0 Å². The molecule has 0 radical (unpaired) electrons. The lowest BCUT2D eigenvalue weighted by molar-refractivity contribution is 0.0912.